The Kier molecular flexibility index (Phi) is 3.98. The van der Waals surface area contributed by atoms with Crippen molar-refractivity contribution >= 4 is 0 Å². The average molecular weight is 268 g/mol. The van der Waals surface area contributed by atoms with E-state index in [1.807, 2.05) is 0 Å². The first-order chi connectivity index (χ1) is 2.93. The topological polar surface area (TPSA) is 0 Å². The molecule has 0 heterocycles. The van der Waals surface area contributed by atoms with Crippen molar-refractivity contribution < 1.29 is 20.4 Å². The van der Waals surface area contributed by atoms with Crippen LogP contribution in [0.4, 0.5) is 0 Å². The molecule has 0 aromatic rings. The third-order valence-corrected chi connectivity index (χ3v) is 1.14. The Bertz CT molecular complexity index is 39.4. The Morgan fingerprint density at radius 3 is 2.43 bits per heavy atom. The van der Waals surface area contributed by atoms with E-state index in [0.717, 1.165) is 12.3 Å². The molecule has 0 spiro atoms. The predicted octanol–water partition coefficient (Wildman–Crippen LogP) is 1.82. The zero-order valence-electron chi connectivity index (χ0n) is 4.36. The van der Waals surface area contributed by atoms with E-state index in [1.165, 1.54) is 12.8 Å². The maximum Gasteiger partial charge on any atom is 0 e. The molecule has 0 aromatic carbocycles. The van der Waals surface area contributed by atoms with Gasteiger partial charge in [0.15, 0.2) is 0 Å². The zero-order valence-corrected chi connectivity index (χ0v) is 7.08. The number of rotatable bonds is 2. The van der Waals surface area contributed by atoms with Crippen molar-refractivity contribution in [1.29, 1.82) is 0 Å². The molecule has 1 heteroatoms. The van der Waals surface area contributed by atoms with Gasteiger partial charge in [-0.1, -0.05) is 0 Å². The van der Waals surface area contributed by atoms with Gasteiger partial charge in [-0.05, 0) is 0 Å². The molecule has 0 amide bonds. The summed E-state index contributed by atoms with van der Waals surface area (Å²) in [6, 6.07) is 0. The van der Waals surface area contributed by atoms with Crippen LogP contribution in [0.15, 0.2) is 0 Å². The molecule has 1 atom stereocenters. The van der Waals surface area contributed by atoms with Gasteiger partial charge in [-0.15, -0.1) is 6.42 Å². The molecule has 1 unspecified atom stereocenters. The fraction of sp³-hybridized carbons (Fsp3) is 0.667. The second-order valence-corrected chi connectivity index (χ2v) is 1.87. The summed E-state index contributed by atoms with van der Waals surface area (Å²) >= 11 is 0. The molecular formula is C6H10Re-2. The smallest absolute Gasteiger partial charge is 0 e. The molecule has 0 aliphatic heterocycles. The molecule has 0 bridgehead atoms. The minimum absolute atomic E-state index is 0. The summed E-state index contributed by atoms with van der Waals surface area (Å²) in [7, 11) is 0. The monoisotopic (exact) mass is 269 g/mol. The number of hydrogen-bond donors (Lipinski definition) is 0. The molecule has 1 aliphatic rings. The molecule has 0 saturated heterocycles. The van der Waals surface area contributed by atoms with Gasteiger partial charge < -0.3 is 13.3 Å². The van der Waals surface area contributed by atoms with Gasteiger partial charge in [0, 0.05) is 20.4 Å². The first-order valence-corrected chi connectivity index (χ1v) is 2.56. The maximum absolute atomic E-state index is 3.75. The fourth-order valence-electron chi connectivity index (χ4n) is 0.594. The Morgan fingerprint density at radius 1 is 1.71 bits per heavy atom. The second-order valence-electron chi connectivity index (χ2n) is 1.87. The van der Waals surface area contributed by atoms with Crippen molar-refractivity contribution in [1.82, 2.24) is 0 Å². The molecule has 1 aliphatic carbocycles. The molecule has 1 saturated carbocycles. The van der Waals surface area contributed by atoms with Gasteiger partial charge in [0.05, 0.1) is 0 Å². The molecule has 1 fully saturated rings. The minimum Gasteiger partial charge on any atom is -0.343 e. The number of hydrogen-bond acceptors (Lipinski definition) is 0. The van der Waals surface area contributed by atoms with Gasteiger partial charge >= 0.3 is 0 Å². The summed E-state index contributed by atoms with van der Waals surface area (Å²) < 4.78 is 0. The summed E-state index contributed by atoms with van der Waals surface area (Å²) in [4.78, 5) is 0. The molecule has 0 nitrogen and oxygen atoms in total. The van der Waals surface area contributed by atoms with E-state index >= 15 is 0 Å². The summed E-state index contributed by atoms with van der Waals surface area (Å²) in [5.74, 6) is 0.961. The van der Waals surface area contributed by atoms with Crippen molar-refractivity contribution in [3.05, 3.63) is 13.3 Å². The van der Waals surface area contributed by atoms with Crippen molar-refractivity contribution in [3.8, 4) is 0 Å². The van der Waals surface area contributed by atoms with Gasteiger partial charge in [0.25, 0.3) is 0 Å². The fourth-order valence-corrected chi connectivity index (χ4v) is 0.594. The molecule has 1 rings (SSSR count). The van der Waals surface area contributed by atoms with Crippen molar-refractivity contribution in [2.45, 2.75) is 19.3 Å². The Hall–Kier alpha value is 0.662. The van der Waals surface area contributed by atoms with Crippen LogP contribution in [-0.2, 0) is 20.4 Å². The molecular weight excluding hydrogens is 258 g/mol. The van der Waals surface area contributed by atoms with E-state index < -0.39 is 0 Å². The van der Waals surface area contributed by atoms with Gasteiger partial charge in [-0.25, -0.2) is 6.42 Å². The van der Waals surface area contributed by atoms with Crippen molar-refractivity contribution in [3.63, 3.8) is 0 Å². The van der Waals surface area contributed by atoms with E-state index in [1.54, 1.807) is 0 Å². The third-order valence-electron chi connectivity index (χ3n) is 1.14. The molecule has 7 heavy (non-hydrogen) atoms. The van der Waals surface area contributed by atoms with E-state index in [-0.39, 0.29) is 20.4 Å². The maximum atomic E-state index is 3.75. The van der Waals surface area contributed by atoms with Crippen LogP contribution < -0.4 is 0 Å². The average Bonchev–Trinajstić information content (AvgIpc) is 2.21. The molecule has 43 valence electrons. The standard InChI is InChI=1S/C6H10.Re/c1-2-3-6-4-5-6;/h4,6H,1-3,5H2;/q-2;. The SMILES string of the molecule is [CH2-]CCC1[CH-]C1.[Re]. The Balaban J connectivity index is 0.000000360. The molecule has 0 aromatic heterocycles. The largest absolute Gasteiger partial charge is 0.343 e. The van der Waals surface area contributed by atoms with E-state index in [0.29, 0.717) is 0 Å². The van der Waals surface area contributed by atoms with Crippen LogP contribution in [0.25, 0.3) is 0 Å². The molecule has 0 N–H and O–H groups in total. The summed E-state index contributed by atoms with van der Waals surface area (Å²) in [5.41, 5.74) is 0. The van der Waals surface area contributed by atoms with Crippen LogP contribution in [0, 0.1) is 19.3 Å². The van der Waals surface area contributed by atoms with Gasteiger partial charge in [-0.3, -0.25) is 0 Å². The second kappa shape index (κ2) is 3.64. The summed E-state index contributed by atoms with van der Waals surface area (Å²) in [6.07, 6.45) is 6.13. The van der Waals surface area contributed by atoms with Crippen LogP contribution in [0.5, 0.6) is 0 Å². The van der Waals surface area contributed by atoms with E-state index in [9.17, 15) is 0 Å². The summed E-state index contributed by atoms with van der Waals surface area (Å²) in [5, 5.41) is 0. The van der Waals surface area contributed by atoms with E-state index in [2.05, 4.69) is 13.3 Å². The van der Waals surface area contributed by atoms with Gasteiger partial charge in [0.2, 0.25) is 0 Å². The predicted molar refractivity (Wildman–Crippen MR) is 27.0 cm³/mol. The normalized spacial score (nSPS) is 26.1. The van der Waals surface area contributed by atoms with Gasteiger partial charge in [0.1, 0.15) is 0 Å². The third kappa shape index (κ3) is 3.26. The van der Waals surface area contributed by atoms with Crippen LogP contribution in [0.1, 0.15) is 19.3 Å². The van der Waals surface area contributed by atoms with Gasteiger partial charge in [-0.2, -0.15) is 12.3 Å². The Labute approximate surface area is 59.3 Å². The van der Waals surface area contributed by atoms with Crippen LogP contribution >= 0.6 is 0 Å². The zero-order chi connectivity index (χ0) is 4.41. The first-order valence-electron chi connectivity index (χ1n) is 2.56. The van der Waals surface area contributed by atoms with Crippen LogP contribution in [0.3, 0.4) is 0 Å². The quantitative estimate of drug-likeness (QED) is 0.670. The van der Waals surface area contributed by atoms with Crippen molar-refractivity contribution in [2.24, 2.45) is 5.92 Å². The van der Waals surface area contributed by atoms with Crippen LogP contribution in [-0.4, -0.2) is 0 Å². The van der Waals surface area contributed by atoms with Crippen molar-refractivity contribution in [2.75, 3.05) is 0 Å². The molecule has 1 radical (unpaired) electrons. The van der Waals surface area contributed by atoms with Crippen LogP contribution in [0.2, 0.25) is 0 Å². The minimum atomic E-state index is 0. The Morgan fingerprint density at radius 2 is 2.29 bits per heavy atom. The first kappa shape index (κ1) is 7.66. The van der Waals surface area contributed by atoms with E-state index in [4.69, 9.17) is 0 Å². The summed E-state index contributed by atoms with van der Waals surface area (Å²) in [6.45, 7) is 3.75.